The Kier molecular flexibility index (Phi) is 5.43. The Hall–Kier alpha value is -2.99. The average molecular weight is 365 g/mol. The first-order chi connectivity index (χ1) is 12.5. The van der Waals surface area contributed by atoms with E-state index < -0.39 is 0 Å². The zero-order valence-corrected chi connectivity index (χ0v) is 15.3. The number of rotatable bonds is 5. The molecule has 2 N–H and O–H groups in total. The van der Waals surface area contributed by atoms with Gasteiger partial charge in [0.05, 0.1) is 5.56 Å². The van der Waals surface area contributed by atoms with Gasteiger partial charge >= 0.3 is 0 Å². The van der Waals surface area contributed by atoms with Crippen molar-refractivity contribution in [3.8, 4) is 0 Å². The predicted octanol–water partition coefficient (Wildman–Crippen LogP) is 4.77. The van der Waals surface area contributed by atoms with Crippen LogP contribution in [-0.2, 0) is 0 Å². The number of hydrogen-bond donors (Lipinski definition) is 2. The molecule has 0 fully saturated rings. The molecule has 0 saturated heterocycles. The van der Waals surface area contributed by atoms with Crippen molar-refractivity contribution in [2.75, 3.05) is 10.6 Å². The van der Waals surface area contributed by atoms with Gasteiger partial charge in [-0.2, -0.15) is 0 Å². The molecule has 0 aliphatic rings. The molecule has 5 nitrogen and oxygen atoms in total. The minimum atomic E-state index is -0.275. The standard InChI is InChI=1S/C20H19N3O2S/c1-13(2)14-3-5-15(6-4-14)18(24)23-20-17(9-12-26-20)19(25)22-16-7-10-21-11-8-16/h3-13H,1-2H3,(H,23,24)(H,21,22,25). The van der Waals surface area contributed by atoms with Crippen molar-refractivity contribution in [1.29, 1.82) is 0 Å². The van der Waals surface area contributed by atoms with Gasteiger partial charge in [0.25, 0.3) is 11.8 Å². The third kappa shape index (κ3) is 4.15. The Morgan fingerprint density at radius 3 is 2.27 bits per heavy atom. The van der Waals surface area contributed by atoms with Crippen LogP contribution in [0.5, 0.6) is 0 Å². The third-order valence-electron chi connectivity index (χ3n) is 3.91. The van der Waals surface area contributed by atoms with Gasteiger partial charge < -0.3 is 10.6 Å². The molecule has 26 heavy (non-hydrogen) atoms. The number of aromatic nitrogens is 1. The zero-order chi connectivity index (χ0) is 18.5. The maximum absolute atomic E-state index is 12.5. The van der Waals surface area contributed by atoms with E-state index in [9.17, 15) is 9.59 Å². The number of pyridine rings is 1. The number of carbonyl (C=O) groups is 2. The Labute approximate surface area is 156 Å². The minimum Gasteiger partial charge on any atom is -0.322 e. The lowest BCUT2D eigenvalue weighted by Gasteiger charge is -2.09. The molecular weight excluding hydrogens is 346 g/mol. The van der Waals surface area contributed by atoms with Crippen LogP contribution in [0.1, 0.15) is 46.0 Å². The van der Waals surface area contributed by atoms with E-state index in [4.69, 9.17) is 0 Å². The van der Waals surface area contributed by atoms with E-state index in [1.165, 1.54) is 16.9 Å². The number of amides is 2. The second-order valence-electron chi connectivity index (χ2n) is 6.08. The monoisotopic (exact) mass is 365 g/mol. The Balaban J connectivity index is 1.72. The largest absolute Gasteiger partial charge is 0.322 e. The van der Waals surface area contributed by atoms with Crippen LogP contribution in [0.2, 0.25) is 0 Å². The zero-order valence-electron chi connectivity index (χ0n) is 14.5. The topological polar surface area (TPSA) is 71.1 Å². The number of anilines is 2. The molecule has 3 aromatic rings. The summed E-state index contributed by atoms with van der Waals surface area (Å²) >= 11 is 1.31. The molecule has 0 radical (unpaired) electrons. The molecule has 132 valence electrons. The second-order valence-corrected chi connectivity index (χ2v) is 7.00. The van der Waals surface area contributed by atoms with E-state index in [0.717, 1.165) is 0 Å². The van der Waals surface area contributed by atoms with Crippen LogP contribution in [0.15, 0.2) is 60.2 Å². The van der Waals surface area contributed by atoms with Gasteiger partial charge in [0.2, 0.25) is 0 Å². The smallest absolute Gasteiger partial charge is 0.258 e. The van der Waals surface area contributed by atoms with Crippen molar-refractivity contribution in [3.63, 3.8) is 0 Å². The number of nitrogens with one attached hydrogen (secondary N) is 2. The third-order valence-corrected chi connectivity index (χ3v) is 4.74. The summed E-state index contributed by atoms with van der Waals surface area (Å²) in [4.78, 5) is 28.9. The molecule has 0 aliphatic carbocycles. The first kappa shape index (κ1) is 17.8. The molecule has 0 atom stereocenters. The Morgan fingerprint density at radius 1 is 0.923 bits per heavy atom. The summed E-state index contributed by atoms with van der Waals surface area (Å²) in [5.41, 5.74) is 2.81. The molecule has 0 saturated carbocycles. The first-order valence-electron chi connectivity index (χ1n) is 8.25. The van der Waals surface area contributed by atoms with Crippen molar-refractivity contribution >= 4 is 33.8 Å². The number of thiophene rings is 1. The molecule has 0 bridgehead atoms. The molecule has 0 spiro atoms. The van der Waals surface area contributed by atoms with Crippen molar-refractivity contribution < 1.29 is 9.59 Å². The van der Waals surface area contributed by atoms with Crippen molar-refractivity contribution in [3.05, 3.63) is 76.9 Å². The molecule has 0 aliphatic heterocycles. The van der Waals surface area contributed by atoms with Crippen LogP contribution in [0.4, 0.5) is 10.7 Å². The lowest BCUT2D eigenvalue weighted by atomic mass is 10.0. The molecule has 0 unspecified atom stereocenters. The maximum Gasteiger partial charge on any atom is 0.258 e. The van der Waals surface area contributed by atoms with E-state index in [1.807, 2.05) is 12.1 Å². The van der Waals surface area contributed by atoms with Gasteiger partial charge in [-0.3, -0.25) is 14.6 Å². The van der Waals surface area contributed by atoms with Gasteiger partial charge in [-0.25, -0.2) is 0 Å². The average Bonchev–Trinajstić information content (AvgIpc) is 3.11. The summed E-state index contributed by atoms with van der Waals surface area (Å²) < 4.78 is 0. The van der Waals surface area contributed by atoms with E-state index in [-0.39, 0.29) is 11.8 Å². The van der Waals surface area contributed by atoms with Crippen LogP contribution >= 0.6 is 11.3 Å². The molecule has 3 rings (SSSR count). The van der Waals surface area contributed by atoms with Gasteiger partial charge in [0, 0.05) is 23.6 Å². The summed E-state index contributed by atoms with van der Waals surface area (Å²) in [6.07, 6.45) is 3.21. The van der Waals surface area contributed by atoms with Gasteiger partial charge in [0.1, 0.15) is 5.00 Å². The summed E-state index contributed by atoms with van der Waals surface area (Å²) in [5.74, 6) is -0.100. The summed E-state index contributed by atoms with van der Waals surface area (Å²) in [7, 11) is 0. The highest BCUT2D eigenvalue weighted by molar-refractivity contribution is 7.14. The van der Waals surface area contributed by atoms with Gasteiger partial charge in [-0.1, -0.05) is 26.0 Å². The van der Waals surface area contributed by atoms with Gasteiger partial charge in [-0.15, -0.1) is 11.3 Å². The summed E-state index contributed by atoms with van der Waals surface area (Å²) in [5, 5.41) is 7.92. The van der Waals surface area contributed by atoms with E-state index in [2.05, 4.69) is 29.5 Å². The van der Waals surface area contributed by atoms with Gasteiger partial charge in [0.15, 0.2) is 0 Å². The van der Waals surface area contributed by atoms with Crippen LogP contribution in [0.25, 0.3) is 0 Å². The second kappa shape index (κ2) is 7.93. The van der Waals surface area contributed by atoms with Crippen LogP contribution < -0.4 is 10.6 Å². The minimum absolute atomic E-state index is 0.235. The van der Waals surface area contributed by atoms with Crippen LogP contribution in [0.3, 0.4) is 0 Å². The lowest BCUT2D eigenvalue weighted by molar-refractivity contribution is 0.102. The highest BCUT2D eigenvalue weighted by Crippen LogP contribution is 2.25. The Bertz CT molecular complexity index is 902. The highest BCUT2D eigenvalue weighted by Gasteiger charge is 2.16. The van der Waals surface area contributed by atoms with Crippen molar-refractivity contribution in [2.24, 2.45) is 0 Å². The molecule has 2 heterocycles. The van der Waals surface area contributed by atoms with E-state index >= 15 is 0 Å². The Morgan fingerprint density at radius 2 is 1.62 bits per heavy atom. The fourth-order valence-electron chi connectivity index (χ4n) is 2.41. The van der Waals surface area contributed by atoms with E-state index in [0.29, 0.717) is 27.7 Å². The highest BCUT2D eigenvalue weighted by atomic mass is 32.1. The number of carbonyl (C=O) groups excluding carboxylic acids is 2. The predicted molar refractivity (Wildman–Crippen MR) is 105 cm³/mol. The van der Waals surface area contributed by atoms with Crippen molar-refractivity contribution in [1.82, 2.24) is 4.98 Å². The SMILES string of the molecule is CC(C)c1ccc(C(=O)Nc2sccc2C(=O)Nc2ccncc2)cc1. The van der Waals surface area contributed by atoms with Crippen molar-refractivity contribution in [2.45, 2.75) is 19.8 Å². The molecule has 2 amide bonds. The van der Waals surface area contributed by atoms with Crippen LogP contribution in [0, 0.1) is 0 Å². The molecule has 2 aromatic heterocycles. The summed E-state index contributed by atoms with van der Waals surface area (Å²) in [6.45, 7) is 4.21. The van der Waals surface area contributed by atoms with E-state index in [1.54, 1.807) is 48.1 Å². The van der Waals surface area contributed by atoms with Crippen LogP contribution in [-0.4, -0.2) is 16.8 Å². The molecular formula is C20H19N3O2S. The quantitative estimate of drug-likeness (QED) is 0.684. The number of nitrogens with zero attached hydrogens (tertiary/aromatic N) is 1. The normalized spacial score (nSPS) is 10.6. The fraction of sp³-hybridized carbons (Fsp3) is 0.150. The molecule has 1 aromatic carbocycles. The number of hydrogen-bond acceptors (Lipinski definition) is 4. The first-order valence-corrected chi connectivity index (χ1v) is 9.12. The lowest BCUT2D eigenvalue weighted by Crippen LogP contribution is -2.16. The summed E-state index contributed by atoms with van der Waals surface area (Å²) in [6, 6.07) is 12.6. The molecule has 6 heteroatoms. The van der Waals surface area contributed by atoms with Gasteiger partial charge in [-0.05, 0) is 47.2 Å². The maximum atomic E-state index is 12.5. The number of benzene rings is 1. The fourth-order valence-corrected chi connectivity index (χ4v) is 3.19.